The van der Waals surface area contributed by atoms with Gasteiger partial charge in [0, 0.05) is 46.3 Å². The van der Waals surface area contributed by atoms with Crippen LogP contribution in [-0.2, 0) is 12.8 Å². The molecule has 2 aromatic carbocycles. The molecule has 164 valence electrons. The van der Waals surface area contributed by atoms with E-state index in [2.05, 4.69) is 25.8 Å². The van der Waals surface area contributed by atoms with E-state index in [-0.39, 0.29) is 11.8 Å². The van der Waals surface area contributed by atoms with Crippen molar-refractivity contribution in [3.63, 3.8) is 0 Å². The first-order chi connectivity index (χ1) is 15.5. The Kier molecular flexibility index (Phi) is 6.82. The van der Waals surface area contributed by atoms with Gasteiger partial charge in [-0.2, -0.15) is 0 Å². The highest BCUT2D eigenvalue weighted by molar-refractivity contribution is 7.13. The first-order valence-electron chi connectivity index (χ1n) is 10.3. The number of rotatable bonds is 8. The van der Waals surface area contributed by atoms with Gasteiger partial charge in [-0.05, 0) is 54.8 Å². The van der Waals surface area contributed by atoms with Gasteiger partial charge in [-0.3, -0.25) is 9.59 Å². The van der Waals surface area contributed by atoms with Gasteiger partial charge in [0.15, 0.2) is 0 Å². The summed E-state index contributed by atoms with van der Waals surface area (Å²) in [6.07, 6.45) is 4.34. The van der Waals surface area contributed by atoms with E-state index in [0.29, 0.717) is 34.2 Å². The van der Waals surface area contributed by atoms with E-state index in [1.54, 1.807) is 24.3 Å². The number of aromatic amines is 1. The summed E-state index contributed by atoms with van der Waals surface area (Å²) < 4.78 is 0. The Morgan fingerprint density at radius 1 is 1.09 bits per heavy atom. The fraction of sp³-hybridized carbons (Fsp3) is 0.217. The number of hydrogen-bond acceptors (Lipinski definition) is 5. The number of H-pyrrole nitrogens is 1. The number of anilines is 1. The Hall–Kier alpha value is -3.23. The molecule has 0 aliphatic heterocycles. The number of carbonyl (C=O) groups is 2. The second kappa shape index (κ2) is 9.93. The zero-order valence-corrected chi connectivity index (χ0v) is 19.0. The average molecular weight is 468 g/mol. The summed E-state index contributed by atoms with van der Waals surface area (Å²) in [7, 11) is 0. The van der Waals surface area contributed by atoms with Crippen LogP contribution in [0.4, 0.5) is 5.69 Å². The molecule has 0 aliphatic carbocycles. The third-order valence-electron chi connectivity index (χ3n) is 4.92. The van der Waals surface area contributed by atoms with Crippen LogP contribution in [0.5, 0.6) is 0 Å². The molecule has 9 heteroatoms. The van der Waals surface area contributed by atoms with Crippen LogP contribution in [0.15, 0.2) is 48.7 Å². The Bertz CT molecular complexity index is 1270. The minimum atomic E-state index is -0.333. The van der Waals surface area contributed by atoms with E-state index < -0.39 is 0 Å². The van der Waals surface area contributed by atoms with Crippen LogP contribution in [0.2, 0.25) is 5.02 Å². The minimum absolute atomic E-state index is 0.208. The molecule has 0 unspecified atom stereocenters. The van der Waals surface area contributed by atoms with Gasteiger partial charge in [-0.25, -0.2) is 0 Å². The highest BCUT2D eigenvalue weighted by Gasteiger charge is 2.14. The van der Waals surface area contributed by atoms with Crippen molar-refractivity contribution >= 4 is 51.3 Å². The monoisotopic (exact) mass is 467 g/mol. The molecule has 7 nitrogen and oxygen atoms in total. The molecule has 2 amide bonds. The van der Waals surface area contributed by atoms with Gasteiger partial charge in [0.1, 0.15) is 5.01 Å². The van der Waals surface area contributed by atoms with Crippen molar-refractivity contribution in [1.82, 2.24) is 20.5 Å². The summed E-state index contributed by atoms with van der Waals surface area (Å²) in [4.78, 5) is 28.2. The Balaban J connectivity index is 1.35. The Morgan fingerprint density at radius 3 is 2.81 bits per heavy atom. The first kappa shape index (κ1) is 22.0. The minimum Gasteiger partial charge on any atom is -0.361 e. The zero-order chi connectivity index (χ0) is 22.5. The molecular formula is C23H22ClN5O2S. The Labute approximate surface area is 194 Å². The predicted octanol–water partition coefficient (Wildman–Crippen LogP) is 4.85. The summed E-state index contributed by atoms with van der Waals surface area (Å²) in [5.41, 5.74) is 3.09. The van der Waals surface area contributed by atoms with Crippen LogP contribution >= 0.6 is 22.9 Å². The number of carbonyl (C=O) groups excluding carboxylic acids is 2. The molecule has 0 atom stereocenters. The van der Waals surface area contributed by atoms with Gasteiger partial charge in [-0.15, -0.1) is 10.2 Å². The highest BCUT2D eigenvalue weighted by atomic mass is 35.5. The lowest BCUT2D eigenvalue weighted by Gasteiger charge is -2.08. The molecule has 0 bridgehead atoms. The quantitative estimate of drug-likeness (QED) is 0.345. The smallest absolute Gasteiger partial charge is 0.286 e. The normalized spacial score (nSPS) is 10.9. The third kappa shape index (κ3) is 5.15. The number of nitrogens with one attached hydrogen (secondary N) is 3. The summed E-state index contributed by atoms with van der Waals surface area (Å²) in [6, 6.07) is 12.5. The lowest BCUT2D eigenvalue weighted by atomic mass is 10.1. The topological polar surface area (TPSA) is 99.8 Å². The molecule has 0 saturated heterocycles. The highest BCUT2D eigenvalue weighted by Crippen LogP contribution is 2.22. The van der Waals surface area contributed by atoms with Crippen molar-refractivity contribution in [3.8, 4) is 0 Å². The van der Waals surface area contributed by atoms with Crippen LogP contribution < -0.4 is 10.6 Å². The van der Waals surface area contributed by atoms with Gasteiger partial charge in [-0.1, -0.05) is 35.9 Å². The zero-order valence-electron chi connectivity index (χ0n) is 17.4. The number of aromatic nitrogens is 3. The maximum atomic E-state index is 12.6. The van der Waals surface area contributed by atoms with Crippen molar-refractivity contribution in [3.05, 3.63) is 74.8 Å². The van der Waals surface area contributed by atoms with Crippen molar-refractivity contribution in [2.24, 2.45) is 0 Å². The van der Waals surface area contributed by atoms with E-state index in [1.807, 2.05) is 31.3 Å². The number of halogens is 1. The second-order valence-electron chi connectivity index (χ2n) is 7.30. The van der Waals surface area contributed by atoms with Crippen LogP contribution in [0.3, 0.4) is 0 Å². The predicted molar refractivity (Wildman–Crippen MR) is 128 cm³/mol. The first-order valence-corrected chi connectivity index (χ1v) is 11.5. The van der Waals surface area contributed by atoms with Crippen molar-refractivity contribution in [2.45, 2.75) is 26.2 Å². The molecular weight excluding hydrogens is 446 g/mol. The van der Waals surface area contributed by atoms with Gasteiger partial charge in [0.2, 0.25) is 5.01 Å². The van der Waals surface area contributed by atoms with Crippen molar-refractivity contribution in [1.29, 1.82) is 0 Å². The number of amides is 2. The average Bonchev–Trinajstić information content (AvgIpc) is 3.41. The largest absolute Gasteiger partial charge is 0.361 e. The maximum Gasteiger partial charge on any atom is 0.286 e. The summed E-state index contributed by atoms with van der Waals surface area (Å²) in [6.45, 7) is 2.52. The molecule has 2 aromatic heterocycles. The number of hydrogen-bond donors (Lipinski definition) is 3. The van der Waals surface area contributed by atoms with Gasteiger partial charge in [0.05, 0.1) is 0 Å². The SMILES string of the molecule is CCCc1nnc(C(=O)Nc2cccc(C(=O)NCCc3c[nH]c4ccc(Cl)cc34)c2)s1. The molecule has 3 N–H and O–H groups in total. The second-order valence-corrected chi connectivity index (χ2v) is 8.79. The molecule has 2 heterocycles. The maximum absolute atomic E-state index is 12.6. The number of nitrogens with zero attached hydrogens (tertiary/aromatic N) is 2. The van der Waals surface area contributed by atoms with Crippen molar-refractivity contribution < 1.29 is 9.59 Å². The third-order valence-corrected chi connectivity index (χ3v) is 6.13. The van der Waals surface area contributed by atoms with Gasteiger partial charge < -0.3 is 15.6 Å². The molecule has 32 heavy (non-hydrogen) atoms. The molecule has 0 radical (unpaired) electrons. The Morgan fingerprint density at radius 2 is 1.97 bits per heavy atom. The lowest BCUT2D eigenvalue weighted by Crippen LogP contribution is -2.25. The number of fused-ring (bicyclic) bond motifs is 1. The summed E-state index contributed by atoms with van der Waals surface area (Å²) in [5, 5.41) is 16.6. The number of benzene rings is 2. The van der Waals surface area contributed by atoms with Crippen LogP contribution in [-0.4, -0.2) is 33.5 Å². The van der Waals surface area contributed by atoms with Gasteiger partial charge >= 0.3 is 0 Å². The molecule has 0 saturated carbocycles. The van der Waals surface area contributed by atoms with Crippen LogP contribution in [0, 0.1) is 0 Å². The fourth-order valence-electron chi connectivity index (χ4n) is 3.35. The van der Waals surface area contributed by atoms with Crippen LogP contribution in [0.25, 0.3) is 10.9 Å². The summed E-state index contributed by atoms with van der Waals surface area (Å²) in [5.74, 6) is -0.541. The molecule has 4 rings (SSSR count). The van der Waals surface area contributed by atoms with Gasteiger partial charge in [0.25, 0.3) is 11.8 Å². The lowest BCUT2D eigenvalue weighted by molar-refractivity contribution is 0.0952. The molecule has 0 spiro atoms. The summed E-state index contributed by atoms with van der Waals surface area (Å²) >= 11 is 7.38. The van der Waals surface area contributed by atoms with E-state index in [9.17, 15) is 9.59 Å². The molecule has 4 aromatic rings. The number of aryl methyl sites for hydroxylation is 1. The van der Waals surface area contributed by atoms with E-state index in [1.165, 1.54) is 11.3 Å². The van der Waals surface area contributed by atoms with Crippen molar-refractivity contribution in [2.75, 3.05) is 11.9 Å². The van der Waals surface area contributed by atoms with E-state index in [0.717, 1.165) is 34.3 Å². The van der Waals surface area contributed by atoms with Crippen LogP contribution in [0.1, 0.15) is 44.1 Å². The molecule has 0 fully saturated rings. The standard InChI is InChI=1S/C23H22ClN5O2S/c1-2-4-20-28-29-23(32-20)22(31)27-17-6-3-5-14(11-17)21(30)25-10-9-15-13-26-19-8-7-16(24)12-18(15)19/h3,5-8,11-13,26H,2,4,9-10H2,1H3,(H,25,30)(H,27,31). The molecule has 0 aliphatic rings. The van der Waals surface area contributed by atoms with E-state index in [4.69, 9.17) is 11.6 Å². The van der Waals surface area contributed by atoms with E-state index >= 15 is 0 Å². The fourth-order valence-corrected chi connectivity index (χ4v) is 4.36.